The Labute approximate surface area is 186 Å². The van der Waals surface area contributed by atoms with Crippen LogP contribution >= 0.6 is 11.3 Å². The fourth-order valence-electron chi connectivity index (χ4n) is 3.46. The summed E-state index contributed by atoms with van der Waals surface area (Å²) >= 11 is 1.20. The van der Waals surface area contributed by atoms with E-state index in [9.17, 15) is 16.8 Å². The van der Waals surface area contributed by atoms with E-state index in [0.717, 1.165) is 16.0 Å². The molecule has 0 fully saturated rings. The smallest absolute Gasteiger partial charge is 0.271 e. The van der Waals surface area contributed by atoms with E-state index in [1.165, 1.54) is 34.9 Å². The van der Waals surface area contributed by atoms with Crippen molar-refractivity contribution in [2.24, 2.45) is 0 Å². The Balaban J connectivity index is 1.57. The topological polar surface area (TPSA) is 92.8 Å². The van der Waals surface area contributed by atoms with Crippen molar-refractivity contribution in [2.75, 3.05) is 18.4 Å². The van der Waals surface area contributed by atoms with Gasteiger partial charge in [0.2, 0.25) is 10.0 Å². The number of ether oxygens (including phenoxy) is 1. The number of hydrogen-bond acceptors (Lipinski definition) is 6. The molecular weight excluding hydrogens is 456 g/mol. The van der Waals surface area contributed by atoms with Gasteiger partial charge in [0.1, 0.15) is 9.96 Å². The molecule has 0 saturated carbocycles. The number of sulfonamides is 2. The van der Waals surface area contributed by atoms with Crippen LogP contribution in [0.2, 0.25) is 0 Å². The van der Waals surface area contributed by atoms with E-state index in [1.807, 2.05) is 13.0 Å². The number of methoxy groups -OCH3 is 1. The Morgan fingerprint density at radius 3 is 2.35 bits per heavy atom. The van der Waals surface area contributed by atoms with Crippen molar-refractivity contribution in [3.05, 3.63) is 70.6 Å². The molecule has 31 heavy (non-hydrogen) atoms. The minimum Gasteiger partial charge on any atom is -0.497 e. The normalized spacial score (nSPS) is 14.8. The van der Waals surface area contributed by atoms with Crippen LogP contribution in [0.25, 0.3) is 0 Å². The van der Waals surface area contributed by atoms with E-state index in [-0.39, 0.29) is 15.6 Å². The average Bonchev–Trinajstić information content (AvgIpc) is 3.20. The largest absolute Gasteiger partial charge is 0.497 e. The number of nitrogens with one attached hydrogen (secondary N) is 1. The molecule has 2 aromatic carbocycles. The zero-order valence-corrected chi connectivity index (χ0v) is 19.5. The van der Waals surface area contributed by atoms with Gasteiger partial charge in [0.25, 0.3) is 10.0 Å². The van der Waals surface area contributed by atoms with Crippen LogP contribution in [-0.2, 0) is 33.0 Å². The summed E-state index contributed by atoms with van der Waals surface area (Å²) in [5.74, 6) is 0.584. The molecule has 1 aliphatic heterocycles. The van der Waals surface area contributed by atoms with Gasteiger partial charge in [0, 0.05) is 23.7 Å². The predicted octanol–water partition coefficient (Wildman–Crippen LogP) is 3.61. The number of anilines is 1. The summed E-state index contributed by atoms with van der Waals surface area (Å²) in [6, 6.07) is 14.9. The van der Waals surface area contributed by atoms with E-state index in [4.69, 9.17) is 4.74 Å². The Kier molecular flexibility index (Phi) is 5.82. The first kappa shape index (κ1) is 21.8. The molecule has 2 heterocycles. The molecule has 0 aliphatic carbocycles. The second-order valence-corrected chi connectivity index (χ2v) is 12.4. The van der Waals surface area contributed by atoms with Crippen LogP contribution in [0, 0.1) is 6.92 Å². The molecule has 0 spiro atoms. The molecule has 1 N–H and O–H groups in total. The number of nitrogens with zero attached hydrogens (tertiary/aromatic N) is 1. The van der Waals surface area contributed by atoms with Crippen molar-refractivity contribution in [1.82, 2.24) is 4.31 Å². The van der Waals surface area contributed by atoms with Gasteiger partial charge in [-0.2, -0.15) is 4.31 Å². The van der Waals surface area contributed by atoms with Crippen LogP contribution in [0.5, 0.6) is 5.75 Å². The van der Waals surface area contributed by atoms with E-state index in [0.29, 0.717) is 24.4 Å². The third-order valence-corrected chi connectivity index (χ3v) is 9.85. The summed E-state index contributed by atoms with van der Waals surface area (Å²) in [7, 11) is -5.84. The number of fused-ring (bicyclic) bond motifs is 1. The molecule has 10 heteroatoms. The quantitative estimate of drug-likeness (QED) is 0.584. The highest BCUT2D eigenvalue weighted by molar-refractivity contribution is 7.94. The first-order chi connectivity index (χ1) is 14.7. The standard InChI is InChI=1S/C21H22N2O5S3/c1-15-3-10-21(29-15)30(24,25)22-18-5-4-16-11-12-23(14-17(16)13-18)31(26,27)20-8-6-19(28-2)7-9-20/h3-10,13,22H,11-12,14H2,1-2H3. The van der Waals surface area contributed by atoms with E-state index >= 15 is 0 Å². The summed E-state index contributed by atoms with van der Waals surface area (Å²) in [5.41, 5.74) is 2.20. The van der Waals surface area contributed by atoms with Gasteiger partial charge < -0.3 is 4.74 Å². The van der Waals surface area contributed by atoms with Crippen LogP contribution in [0.15, 0.2) is 63.7 Å². The molecule has 0 bridgehead atoms. The van der Waals surface area contributed by atoms with Gasteiger partial charge in [0.05, 0.1) is 12.0 Å². The monoisotopic (exact) mass is 478 g/mol. The van der Waals surface area contributed by atoms with Gasteiger partial charge in [0.15, 0.2) is 0 Å². The summed E-state index contributed by atoms with van der Waals surface area (Å²) in [5, 5.41) is 0. The molecule has 3 aromatic rings. The van der Waals surface area contributed by atoms with Crippen LogP contribution in [-0.4, -0.2) is 34.8 Å². The summed E-state index contributed by atoms with van der Waals surface area (Å²) in [6.45, 7) is 2.39. The van der Waals surface area contributed by atoms with Crippen molar-refractivity contribution in [1.29, 1.82) is 0 Å². The zero-order chi connectivity index (χ0) is 22.2. The number of benzene rings is 2. The third-order valence-electron chi connectivity index (χ3n) is 5.11. The van der Waals surface area contributed by atoms with Gasteiger partial charge in [-0.25, -0.2) is 16.8 Å². The van der Waals surface area contributed by atoms with Crippen molar-refractivity contribution in [3.8, 4) is 5.75 Å². The lowest BCUT2D eigenvalue weighted by Crippen LogP contribution is -2.36. The fraction of sp³-hybridized carbons (Fsp3) is 0.238. The lowest BCUT2D eigenvalue weighted by Gasteiger charge is -2.28. The Bertz CT molecular complexity index is 1310. The molecule has 0 saturated heterocycles. The van der Waals surface area contributed by atoms with Gasteiger partial charge in [-0.05, 0) is 73.0 Å². The molecule has 0 radical (unpaired) electrons. The highest BCUT2D eigenvalue weighted by Crippen LogP contribution is 2.29. The predicted molar refractivity (Wildman–Crippen MR) is 121 cm³/mol. The zero-order valence-electron chi connectivity index (χ0n) is 17.0. The minimum atomic E-state index is -3.69. The Morgan fingerprint density at radius 2 is 1.71 bits per heavy atom. The number of thiophene rings is 1. The first-order valence-electron chi connectivity index (χ1n) is 9.54. The van der Waals surface area contributed by atoms with Crippen molar-refractivity contribution in [2.45, 2.75) is 29.0 Å². The van der Waals surface area contributed by atoms with Crippen molar-refractivity contribution in [3.63, 3.8) is 0 Å². The Morgan fingerprint density at radius 1 is 0.968 bits per heavy atom. The van der Waals surface area contributed by atoms with Crippen molar-refractivity contribution < 1.29 is 21.6 Å². The summed E-state index contributed by atoms with van der Waals surface area (Å²) in [6.07, 6.45) is 0.557. The second-order valence-electron chi connectivity index (χ2n) is 7.22. The van der Waals surface area contributed by atoms with Gasteiger partial charge >= 0.3 is 0 Å². The lowest BCUT2D eigenvalue weighted by molar-refractivity contribution is 0.391. The first-order valence-corrected chi connectivity index (χ1v) is 13.3. The molecule has 0 atom stereocenters. The maximum Gasteiger partial charge on any atom is 0.271 e. The Hall–Kier alpha value is -2.40. The number of rotatable bonds is 6. The average molecular weight is 479 g/mol. The highest BCUT2D eigenvalue weighted by Gasteiger charge is 2.29. The lowest BCUT2D eigenvalue weighted by atomic mass is 10.0. The van der Waals surface area contributed by atoms with E-state index in [1.54, 1.807) is 36.4 Å². The maximum atomic E-state index is 13.1. The van der Waals surface area contributed by atoms with Gasteiger partial charge in [-0.15, -0.1) is 11.3 Å². The number of aryl methyl sites for hydroxylation is 1. The molecule has 0 unspecified atom stereocenters. The van der Waals surface area contributed by atoms with Crippen LogP contribution < -0.4 is 9.46 Å². The molecular formula is C21H22N2O5S3. The number of hydrogen-bond donors (Lipinski definition) is 1. The SMILES string of the molecule is COc1ccc(S(=O)(=O)N2CCc3ccc(NS(=O)(=O)c4ccc(C)s4)cc3C2)cc1. The molecule has 4 rings (SSSR count). The third kappa shape index (κ3) is 4.47. The van der Waals surface area contributed by atoms with Gasteiger partial charge in [-0.3, -0.25) is 4.72 Å². The van der Waals surface area contributed by atoms with E-state index < -0.39 is 20.0 Å². The highest BCUT2D eigenvalue weighted by atomic mass is 32.2. The van der Waals surface area contributed by atoms with Gasteiger partial charge in [-0.1, -0.05) is 6.07 Å². The van der Waals surface area contributed by atoms with Crippen LogP contribution in [0.3, 0.4) is 0 Å². The van der Waals surface area contributed by atoms with Crippen molar-refractivity contribution >= 4 is 37.1 Å². The van der Waals surface area contributed by atoms with Crippen LogP contribution in [0.1, 0.15) is 16.0 Å². The molecule has 1 aromatic heterocycles. The van der Waals surface area contributed by atoms with Crippen LogP contribution in [0.4, 0.5) is 5.69 Å². The summed E-state index contributed by atoms with van der Waals surface area (Å²) < 4.78 is 60.7. The summed E-state index contributed by atoms with van der Waals surface area (Å²) in [4.78, 5) is 1.10. The maximum absolute atomic E-state index is 13.1. The molecule has 7 nitrogen and oxygen atoms in total. The fourth-order valence-corrected chi connectivity index (χ4v) is 7.21. The minimum absolute atomic E-state index is 0.178. The second kappa shape index (κ2) is 8.27. The molecule has 164 valence electrons. The van der Waals surface area contributed by atoms with E-state index in [2.05, 4.69) is 4.72 Å². The molecule has 1 aliphatic rings. The molecule has 0 amide bonds.